The Kier molecular flexibility index (Phi) is 3.96. The lowest BCUT2D eigenvalue weighted by molar-refractivity contribution is 0.198. The lowest BCUT2D eigenvalue weighted by Crippen LogP contribution is -2.44. The number of urea groups is 1. The van der Waals surface area contributed by atoms with Gasteiger partial charge in [0.2, 0.25) is 0 Å². The van der Waals surface area contributed by atoms with Crippen molar-refractivity contribution in [1.29, 1.82) is 0 Å². The summed E-state index contributed by atoms with van der Waals surface area (Å²) in [5.74, 6) is 1.36. The second kappa shape index (κ2) is 5.70. The van der Waals surface area contributed by atoms with Gasteiger partial charge in [0.15, 0.2) is 0 Å². The Morgan fingerprint density at radius 3 is 2.53 bits per heavy atom. The van der Waals surface area contributed by atoms with E-state index < -0.39 is 0 Å². The number of carbonyl (C=O) groups excluding carboxylic acids is 1. The van der Waals surface area contributed by atoms with E-state index in [4.69, 9.17) is 5.73 Å². The van der Waals surface area contributed by atoms with Crippen LogP contribution in [0.5, 0.6) is 0 Å². The molecule has 2 amide bonds. The van der Waals surface area contributed by atoms with Crippen molar-refractivity contribution in [2.24, 2.45) is 17.6 Å². The number of hydrogen-bond acceptors (Lipinski definition) is 2. The summed E-state index contributed by atoms with van der Waals surface area (Å²) in [5, 5.41) is 3.24. The second-order valence-corrected chi connectivity index (χ2v) is 6.78. The van der Waals surface area contributed by atoms with E-state index in [0.29, 0.717) is 23.9 Å². The van der Waals surface area contributed by atoms with Gasteiger partial charge in [-0.15, -0.1) is 0 Å². The van der Waals surface area contributed by atoms with Crippen molar-refractivity contribution >= 4 is 6.03 Å². The maximum Gasteiger partial charge on any atom is 0.317 e. The molecule has 3 fully saturated rings. The van der Waals surface area contributed by atoms with Crippen LogP contribution in [0.1, 0.15) is 51.4 Å². The SMILES string of the molecule is NC1CC[C@@H]2CN(C(=O)NC3CCCCC3)C[C@@H]2C1. The molecule has 0 aromatic rings. The molecule has 0 bridgehead atoms. The van der Waals surface area contributed by atoms with E-state index in [1.54, 1.807) is 0 Å². The van der Waals surface area contributed by atoms with Gasteiger partial charge < -0.3 is 16.0 Å². The molecule has 19 heavy (non-hydrogen) atoms. The monoisotopic (exact) mass is 265 g/mol. The summed E-state index contributed by atoms with van der Waals surface area (Å²) >= 11 is 0. The summed E-state index contributed by atoms with van der Waals surface area (Å²) in [6.45, 7) is 1.88. The standard InChI is InChI=1S/C15H27N3O/c16-13-7-6-11-9-18(10-12(11)8-13)15(19)17-14-4-2-1-3-5-14/h11-14H,1-10,16H2,(H,17,19)/t11-,12+,13?/m1/s1. The van der Waals surface area contributed by atoms with Gasteiger partial charge in [0.1, 0.15) is 0 Å². The Labute approximate surface area is 116 Å². The highest BCUT2D eigenvalue weighted by Gasteiger charge is 2.38. The molecule has 1 saturated heterocycles. The lowest BCUT2D eigenvalue weighted by Gasteiger charge is -2.27. The Morgan fingerprint density at radius 2 is 1.74 bits per heavy atom. The predicted molar refractivity (Wildman–Crippen MR) is 75.8 cm³/mol. The zero-order valence-electron chi connectivity index (χ0n) is 11.8. The third-order valence-corrected chi connectivity index (χ3v) is 5.31. The molecule has 0 aromatic carbocycles. The first-order chi connectivity index (χ1) is 9.22. The number of fused-ring (bicyclic) bond motifs is 1. The molecule has 108 valence electrons. The number of nitrogens with one attached hydrogen (secondary N) is 1. The van der Waals surface area contributed by atoms with Crippen molar-refractivity contribution in [1.82, 2.24) is 10.2 Å². The summed E-state index contributed by atoms with van der Waals surface area (Å²) in [6.07, 6.45) is 9.65. The van der Waals surface area contributed by atoms with Gasteiger partial charge in [0.25, 0.3) is 0 Å². The molecule has 3 aliphatic rings. The summed E-state index contributed by atoms with van der Waals surface area (Å²) in [7, 11) is 0. The Bertz CT molecular complexity index is 327. The molecule has 0 aromatic heterocycles. The molecule has 4 heteroatoms. The summed E-state index contributed by atoms with van der Waals surface area (Å²) < 4.78 is 0. The van der Waals surface area contributed by atoms with Crippen LogP contribution in [0.2, 0.25) is 0 Å². The number of nitrogens with two attached hydrogens (primary N) is 1. The van der Waals surface area contributed by atoms with Crippen LogP contribution in [-0.4, -0.2) is 36.1 Å². The molecule has 2 aliphatic carbocycles. The average Bonchev–Trinajstić information content (AvgIpc) is 2.83. The highest BCUT2D eigenvalue weighted by atomic mass is 16.2. The summed E-state index contributed by atoms with van der Waals surface area (Å²) in [5.41, 5.74) is 6.04. The minimum Gasteiger partial charge on any atom is -0.335 e. The molecule has 3 atom stereocenters. The van der Waals surface area contributed by atoms with E-state index in [1.807, 2.05) is 4.90 Å². The van der Waals surface area contributed by atoms with Gasteiger partial charge in [-0.3, -0.25) is 0 Å². The van der Waals surface area contributed by atoms with E-state index in [-0.39, 0.29) is 6.03 Å². The Balaban J connectivity index is 1.51. The maximum absolute atomic E-state index is 12.3. The highest BCUT2D eigenvalue weighted by Crippen LogP contribution is 2.35. The topological polar surface area (TPSA) is 58.4 Å². The molecule has 2 saturated carbocycles. The van der Waals surface area contributed by atoms with Crippen molar-refractivity contribution < 1.29 is 4.79 Å². The van der Waals surface area contributed by atoms with Crippen molar-refractivity contribution in [3.63, 3.8) is 0 Å². The van der Waals surface area contributed by atoms with Crippen LogP contribution in [0.4, 0.5) is 4.79 Å². The third-order valence-electron chi connectivity index (χ3n) is 5.31. The van der Waals surface area contributed by atoms with E-state index in [2.05, 4.69) is 5.32 Å². The van der Waals surface area contributed by atoms with Crippen LogP contribution in [-0.2, 0) is 0 Å². The molecule has 1 aliphatic heterocycles. The molecular formula is C15H27N3O. The van der Waals surface area contributed by atoms with Crippen LogP contribution in [0.25, 0.3) is 0 Å². The van der Waals surface area contributed by atoms with Gasteiger partial charge in [-0.2, -0.15) is 0 Å². The zero-order chi connectivity index (χ0) is 13.2. The molecule has 1 unspecified atom stereocenters. The van der Waals surface area contributed by atoms with Gasteiger partial charge in [0.05, 0.1) is 0 Å². The number of hydrogen-bond donors (Lipinski definition) is 2. The van der Waals surface area contributed by atoms with Gasteiger partial charge in [-0.05, 0) is 43.9 Å². The zero-order valence-corrected chi connectivity index (χ0v) is 11.8. The fraction of sp³-hybridized carbons (Fsp3) is 0.933. The van der Waals surface area contributed by atoms with Gasteiger partial charge in [-0.1, -0.05) is 19.3 Å². The first kappa shape index (κ1) is 13.2. The Hall–Kier alpha value is -0.770. The lowest BCUT2D eigenvalue weighted by atomic mass is 9.79. The number of carbonyl (C=O) groups is 1. The van der Waals surface area contributed by atoms with E-state index in [9.17, 15) is 4.79 Å². The molecule has 3 N–H and O–H groups in total. The minimum absolute atomic E-state index is 0.176. The second-order valence-electron chi connectivity index (χ2n) is 6.78. The molecule has 3 rings (SSSR count). The quantitative estimate of drug-likeness (QED) is 0.762. The van der Waals surface area contributed by atoms with E-state index in [1.165, 1.54) is 25.7 Å². The first-order valence-electron chi connectivity index (χ1n) is 8.03. The van der Waals surface area contributed by atoms with Crippen LogP contribution >= 0.6 is 0 Å². The molecule has 0 spiro atoms. The summed E-state index contributed by atoms with van der Waals surface area (Å²) in [4.78, 5) is 14.4. The van der Waals surface area contributed by atoms with Crippen molar-refractivity contribution in [2.75, 3.05) is 13.1 Å². The third kappa shape index (κ3) is 3.04. The van der Waals surface area contributed by atoms with E-state index >= 15 is 0 Å². The van der Waals surface area contributed by atoms with Crippen LogP contribution in [0.15, 0.2) is 0 Å². The van der Waals surface area contributed by atoms with Crippen molar-refractivity contribution in [2.45, 2.75) is 63.5 Å². The average molecular weight is 265 g/mol. The van der Waals surface area contributed by atoms with Crippen molar-refractivity contribution in [3.8, 4) is 0 Å². The fourth-order valence-electron chi connectivity index (χ4n) is 4.15. The van der Waals surface area contributed by atoms with Crippen LogP contribution < -0.4 is 11.1 Å². The largest absolute Gasteiger partial charge is 0.335 e. The van der Waals surface area contributed by atoms with Gasteiger partial charge >= 0.3 is 6.03 Å². The molecule has 1 heterocycles. The normalized spacial score (nSPS) is 36.1. The molecular weight excluding hydrogens is 238 g/mol. The molecule has 4 nitrogen and oxygen atoms in total. The Morgan fingerprint density at radius 1 is 1.00 bits per heavy atom. The predicted octanol–water partition coefficient (Wildman–Crippen LogP) is 2.09. The number of rotatable bonds is 1. The minimum atomic E-state index is 0.176. The smallest absolute Gasteiger partial charge is 0.317 e. The maximum atomic E-state index is 12.3. The first-order valence-corrected chi connectivity index (χ1v) is 8.03. The number of nitrogens with zero attached hydrogens (tertiary/aromatic N) is 1. The van der Waals surface area contributed by atoms with Crippen molar-refractivity contribution in [3.05, 3.63) is 0 Å². The fourth-order valence-corrected chi connectivity index (χ4v) is 4.15. The number of likely N-dealkylation sites (tertiary alicyclic amines) is 1. The van der Waals surface area contributed by atoms with Crippen LogP contribution in [0, 0.1) is 11.8 Å². The highest BCUT2D eigenvalue weighted by molar-refractivity contribution is 5.74. The number of amides is 2. The molecule has 0 radical (unpaired) electrons. The van der Waals surface area contributed by atoms with Gasteiger partial charge in [0, 0.05) is 25.2 Å². The van der Waals surface area contributed by atoms with E-state index in [0.717, 1.165) is 38.8 Å². The van der Waals surface area contributed by atoms with Crippen LogP contribution in [0.3, 0.4) is 0 Å². The summed E-state index contributed by atoms with van der Waals surface area (Å²) in [6, 6.07) is 0.962. The van der Waals surface area contributed by atoms with Gasteiger partial charge in [-0.25, -0.2) is 4.79 Å².